The Balaban J connectivity index is 1.87. The number of hydrogen-bond acceptors (Lipinski definition) is 3. The van der Waals surface area contributed by atoms with E-state index in [1.807, 2.05) is 18.4 Å². The van der Waals surface area contributed by atoms with Gasteiger partial charge in [-0.3, -0.25) is 0 Å². The minimum absolute atomic E-state index is 0.464. The molecule has 3 heteroatoms. The number of ether oxygens (including phenoxy) is 1. The summed E-state index contributed by atoms with van der Waals surface area (Å²) in [5.74, 6) is 1.63. The number of rotatable bonds is 5. The quantitative estimate of drug-likeness (QED) is 0.876. The van der Waals surface area contributed by atoms with Crippen molar-refractivity contribution >= 4 is 11.3 Å². The number of nitrogens with one attached hydrogen (secondary N) is 1. The maximum Gasteiger partial charge on any atom is 0.0731 e. The van der Waals surface area contributed by atoms with Crippen LogP contribution in [0, 0.1) is 18.8 Å². The van der Waals surface area contributed by atoms with Gasteiger partial charge in [-0.25, -0.2) is 0 Å². The van der Waals surface area contributed by atoms with Gasteiger partial charge in [-0.15, -0.1) is 11.3 Å². The lowest BCUT2D eigenvalue weighted by molar-refractivity contribution is -0.00920. The van der Waals surface area contributed by atoms with Crippen molar-refractivity contribution in [1.82, 2.24) is 5.32 Å². The Hall–Kier alpha value is -0.380. The second-order valence-electron chi connectivity index (χ2n) is 6.17. The van der Waals surface area contributed by atoms with Gasteiger partial charge < -0.3 is 10.1 Å². The molecular weight excluding hydrogens is 254 g/mol. The Kier molecular flexibility index (Phi) is 5.43. The zero-order valence-corrected chi connectivity index (χ0v) is 13.5. The van der Waals surface area contributed by atoms with Crippen molar-refractivity contribution in [3.63, 3.8) is 0 Å². The average Bonchev–Trinajstić information content (AvgIpc) is 2.66. The summed E-state index contributed by atoms with van der Waals surface area (Å²) >= 11 is 1.88. The van der Waals surface area contributed by atoms with E-state index in [1.165, 1.54) is 34.6 Å². The van der Waals surface area contributed by atoms with Gasteiger partial charge in [0.05, 0.1) is 12.7 Å². The van der Waals surface area contributed by atoms with Crippen molar-refractivity contribution in [3.8, 4) is 0 Å². The first-order chi connectivity index (χ1) is 9.08. The second-order valence-corrected chi connectivity index (χ2v) is 7.52. The summed E-state index contributed by atoms with van der Waals surface area (Å²) in [4.78, 5) is 2.81. The van der Waals surface area contributed by atoms with E-state index in [2.05, 4.69) is 32.2 Å². The van der Waals surface area contributed by atoms with Crippen LogP contribution in [0.1, 0.15) is 48.4 Å². The molecule has 1 fully saturated rings. The standard InChI is InChI=1S/C16H27NOS/c1-11-5-12(2)7-15(6-11)18-10-14-8-16(9-17-4)19-13(14)3/h8,11-12,15,17H,5-7,9-10H2,1-4H3. The Labute approximate surface area is 121 Å². The van der Waals surface area contributed by atoms with Gasteiger partial charge in [-0.05, 0) is 56.7 Å². The number of hydrogen-bond donors (Lipinski definition) is 1. The second kappa shape index (κ2) is 6.87. The van der Waals surface area contributed by atoms with Crippen molar-refractivity contribution in [2.45, 2.75) is 59.3 Å². The molecule has 1 N–H and O–H groups in total. The molecule has 108 valence electrons. The van der Waals surface area contributed by atoms with Crippen molar-refractivity contribution < 1.29 is 4.74 Å². The highest BCUT2D eigenvalue weighted by Gasteiger charge is 2.24. The minimum atomic E-state index is 0.464. The van der Waals surface area contributed by atoms with E-state index >= 15 is 0 Å². The van der Waals surface area contributed by atoms with E-state index in [0.29, 0.717) is 6.10 Å². The van der Waals surface area contributed by atoms with Crippen LogP contribution in [0.15, 0.2) is 6.07 Å². The Morgan fingerprint density at radius 1 is 1.26 bits per heavy atom. The van der Waals surface area contributed by atoms with Crippen LogP contribution >= 0.6 is 11.3 Å². The molecule has 19 heavy (non-hydrogen) atoms. The third kappa shape index (κ3) is 4.30. The van der Waals surface area contributed by atoms with Crippen LogP contribution in [-0.2, 0) is 17.9 Å². The topological polar surface area (TPSA) is 21.3 Å². The largest absolute Gasteiger partial charge is 0.373 e. The molecule has 1 heterocycles. The van der Waals surface area contributed by atoms with E-state index in [9.17, 15) is 0 Å². The summed E-state index contributed by atoms with van der Waals surface area (Å²) in [6.45, 7) is 8.66. The lowest BCUT2D eigenvalue weighted by Gasteiger charge is -2.31. The summed E-state index contributed by atoms with van der Waals surface area (Å²) in [6.07, 6.45) is 4.29. The molecule has 1 aliphatic carbocycles. The van der Waals surface area contributed by atoms with Crippen LogP contribution in [-0.4, -0.2) is 13.2 Å². The summed E-state index contributed by atoms with van der Waals surface area (Å²) in [5.41, 5.74) is 1.38. The van der Waals surface area contributed by atoms with Gasteiger partial charge in [0.2, 0.25) is 0 Å². The van der Waals surface area contributed by atoms with Crippen LogP contribution in [0.5, 0.6) is 0 Å². The van der Waals surface area contributed by atoms with Crippen LogP contribution < -0.4 is 5.32 Å². The third-order valence-corrected chi connectivity index (χ3v) is 5.13. The highest BCUT2D eigenvalue weighted by molar-refractivity contribution is 7.12. The lowest BCUT2D eigenvalue weighted by Crippen LogP contribution is -2.26. The molecule has 0 aromatic carbocycles. The van der Waals surface area contributed by atoms with Crippen LogP contribution in [0.2, 0.25) is 0 Å². The molecule has 2 nitrogen and oxygen atoms in total. The zero-order chi connectivity index (χ0) is 13.8. The van der Waals surface area contributed by atoms with Gasteiger partial charge in [-0.1, -0.05) is 13.8 Å². The molecule has 0 bridgehead atoms. The van der Waals surface area contributed by atoms with E-state index in [0.717, 1.165) is 25.0 Å². The molecule has 0 aliphatic heterocycles. The molecule has 2 unspecified atom stereocenters. The molecule has 2 atom stereocenters. The summed E-state index contributed by atoms with van der Waals surface area (Å²) in [6, 6.07) is 2.30. The number of thiophene rings is 1. The molecule has 0 amide bonds. The maximum absolute atomic E-state index is 6.17. The molecule has 1 saturated carbocycles. The molecule has 1 aliphatic rings. The first-order valence-electron chi connectivity index (χ1n) is 7.42. The van der Waals surface area contributed by atoms with Gasteiger partial charge >= 0.3 is 0 Å². The molecule has 0 radical (unpaired) electrons. The summed E-state index contributed by atoms with van der Waals surface area (Å²) in [5, 5.41) is 3.21. The molecule has 0 spiro atoms. The molecule has 1 aromatic rings. The van der Waals surface area contributed by atoms with Crippen molar-refractivity contribution in [3.05, 3.63) is 21.4 Å². The van der Waals surface area contributed by atoms with E-state index in [4.69, 9.17) is 4.74 Å². The van der Waals surface area contributed by atoms with Crippen molar-refractivity contribution in [2.24, 2.45) is 11.8 Å². The molecule has 1 aromatic heterocycles. The molecule has 0 saturated heterocycles. The van der Waals surface area contributed by atoms with E-state index < -0.39 is 0 Å². The highest BCUT2D eigenvalue weighted by Crippen LogP contribution is 2.31. The molecule has 2 rings (SSSR count). The predicted molar refractivity (Wildman–Crippen MR) is 82.6 cm³/mol. The fraction of sp³-hybridized carbons (Fsp3) is 0.750. The maximum atomic E-state index is 6.17. The van der Waals surface area contributed by atoms with Crippen LogP contribution in [0.3, 0.4) is 0 Å². The van der Waals surface area contributed by atoms with Crippen LogP contribution in [0.25, 0.3) is 0 Å². The SMILES string of the molecule is CNCc1cc(COC2CC(C)CC(C)C2)c(C)s1. The van der Waals surface area contributed by atoms with Gasteiger partial charge in [0.25, 0.3) is 0 Å². The minimum Gasteiger partial charge on any atom is -0.373 e. The predicted octanol–water partition coefficient (Wildman–Crippen LogP) is 4.12. The van der Waals surface area contributed by atoms with Gasteiger partial charge in [0.15, 0.2) is 0 Å². The van der Waals surface area contributed by atoms with Gasteiger partial charge in [0, 0.05) is 16.3 Å². The van der Waals surface area contributed by atoms with E-state index in [1.54, 1.807) is 0 Å². The lowest BCUT2D eigenvalue weighted by atomic mass is 9.82. The van der Waals surface area contributed by atoms with Crippen molar-refractivity contribution in [1.29, 1.82) is 0 Å². The van der Waals surface area contributed by atoms with Crippen LogP contribution in [0.4, 0.5) is 0 Å². The zero-order valence-electron chi connectivity index (χ0n) is 12.7. The fourth-order valence-electron chi connectivity index (χ4n) is 3.21. The Morgan fingerprint density at radius 3 is 2.58 bits per heavy atom. The Bertz CT molecular complexity index is 391. The normalized spacial score (nSPS) is 27.7. The summed E-state index contributed by atoms with van der Waals surface area (Å²) in [7, 11) is 2.00. The van der Waals surface area contributed by atoms with E-state index in [-0.39, 0.29) is 0 Å². The van der Waals surface area contributed by atoms with Crippen molar-refractivity contribution in [2.75, 3.05) is 7.05 Å². The first-order valence-corrected chi connectivity index (χ1v) is 8.24. The Morgan fingerprint density at radius 2 is 1.95 bits per heavy atom. The fourth-order valence-corrected chi connectivity index (χ4v) is 4.27. The smallest absolute Gasteiger partial charge is 0.0731 e. The average molecular weight is 281 g/mol. The van der Waals surface area contributed by atoms with Gasteiger partial charge in [0.1, 0.15) is 0 Å². The van der Waals surface area contributed by atoms with Gasteiger partial charge in [-0.2, -0.15) is 0 Å². The highest BCUT2D eigenvalue weighted by atomic mass is 32.1. The third-order valence-electron chi connectivity index (χ3n) is 4.03. The summed E-state index contributed by atoms with van der Waals surface area (Å²) < 4.78 is 6.17. The monoisotopic (exact) mass is 281 g/mol. The first kappa shape index (κ1) is 15.0. The molecular formula is C16H27NOS. The number of aryl methyl sites for hydroxylation is 1.